The minimum Gasteiger partial charge on any atom is -0.452 e. The van der Waals surface area contributed by atoms with Crippen LogP contribution in [0.3, 0.4) is 0 Å². The van der Waals surface area contributed by atoms with Crippen LogP contribution < -0.4 is 5.73 Å². The summed E-state index contributed by atoms with van der Waals surface area (Å²) in [5.41, 5.74) is 4.93. The zero-order chi connectivity index (χ0) is 14.6. The normalized spacial score (nSPS) is 9.79. The minimum atomic E-state index is -0.821. The number of nitrogens with two attached hydrogens (primary N) is 1. The van der Waals surface area contributed by atoms with Gasteiger partial charge in [-0.1, -0.05) is 0 Å². The fourth-order valence-corrected chi connectivity index (χ4v) is 1.17. The van der Waals surface area contributed by atoms with Crippen LogP contribution in [0.15, 0.2) is 18.2 Å². The average Bonchev–Trinajstić information content (AvgIpc) is 2.35. The number of nitrogen functional groups attached to an aromatic ring is 1. The summed E-state index contributed by atoms with van der Waals surface area (Å²) in [5, 5.41) is 10.7. The smallest absolute Gasteiger partial charge is 0.338 e. The summed E-state index contributed by atoms with van der Waals surface area (Å²) in [6.45, 7) is -0.427. The number of hydrogen-bond donors (Lipinski definition) is 1. The number of nitro groups is 1. The van der Waals surface area contributed by atoms with Crippen molar-refractivity contribution in [2.24, 2.45) is 0 Å². The summed E-state index contributed by atoms with van der Waals surface area (Å²) in [7, 11) is 3.04. The largest absolute Gasteiger partial charge is 0.452 e. The lowest BCUT2D eigenvalue weighted by molar-refractivity contribution is -0.383. The summed E-state index contributed by atoms with van der Waals surface area (Å²) in [4.78, 5) is 34.1. The molecule has 0 aromatic heterocycles. The van der Waals surface area contributed by atoms with Gasteiger partial charge in [0, 0.05) is 20.2 Å². The summed E-state index contributed by atoms with van der Waals surface area (Å²) >= 11 is 0. The number of nitro benzene ring substituents is 1. The fourth-order valence-electron chi connectivity index (χ4n) is 1.17. The van der Waals surface area contributed by atoms with Gasteiger partial charge in [-0.3, -0.25) is 14.9 Å². The maximum atomic E-state index is 11.6. The Kier molecular flexibility index (Phi) is 4.41. The molecule has 0 fully saturated rings. The van der Waals surface area contributed by atoms with Crippen LogP contribution in [0.5, 0.6) is 0 Å². The highest BCUT2D eigenvalue weighted by molar-refractivity contribution is 5.92. The van der Waals surface area contributed by atoms with Gasteiger partial charge in [0.2, 0.25) is 0 Å². The van der Waals surface area contributed by atoms with Gasteiger partial charge in [-0.05, 0) is 12.1 Å². The summed E-state index contributed by atoms with van der Waals surface area (Å²) in [6.07, 6.45) is 0. The summed E-state index contributed by atoms with van der Waals surface area (Å²) in [5.74, 6) is -1.21. The van der Waals surface area contributed by atoms with E-state index in [9.17, 15) is 19.7 Å². The first kappa shape index (κ1) is 14.4. The molecule has 8 nitrogen and oxygen atoms in total. The van der Waals surface area contributed by atoms with E-state index in [0.29, 0.717) is 0 Å². The first-order valence-electron chi connectivity index (χ1n) is 5.24. The third-order valence-corrected chi connectivity index (χ3v) is 2.29. The van der Waals surface area contributed by atoms with E-state index in [2.05, 4.69) is 0 Å². The average molecular weight is 267 g/mol. The summed E-state index contributed by atoms with van der Waals surface area (Å²) in [6, 6.07) is 3.55. The molecule has 0 atom stereocenters. The highest BCUT2D eigenvalue weighted by atomic mass is 16.6. The number of rotatable bonds is 4. The molecule has 0 heterocycles. The minimum absolute atomic E-state index is 0.0348. The Morgan fingerprint density at radius 3 is 2.58 bits per heavy atom. The maximum Gasteiger partial charge on any atom is 0.338 e. The number of hydrogen-bond acceptors (Lipinski definition) is 6. The number of ether oxygens (including phenoxy) is 1. The quantitative estimate of drug-likeness (QED) is 0.366. The van der Waals surface area contributed by atoms with Gasteiger partial charge in [0.25, 0.3) is 11.6 Å². The van der Waals surface area contributed by atoms with Crippen LogP contribution in [0.4, 0.5) is 11.4 Å². The predicted molar refractivity (Wildman–Crippen MR) is 66.5 cm³/mol. The molecular formula is C11H13N3O5. The van der Waals surface area contributed by atoms with E-state index >= 15 is 0 Å². The second kappa shape index (κ2) is 5.80. The lowest BCUT2D eigenvalue weighted by Crippen LogP contribution is -2.27. The molecule has 0 saturated heterocycles. The standard InChI is InChI=1S/C11H13N3O5/c1-13(2)10(15)6-19-11(16)7-3-4-8(12)9(5-7)14(17)18/h3-5H,6,12H2,1-2H3. The van der Waals surface area contributed by atoms with Crippen molar-refractivity contribution < 1.29 is 19.2 Å². The number of esters is 1. The molecule has 0 aliphatic rings. The highest BCUT2D eigenvalue weighted by Crippen LogP contribution is 2.22. The summed E-state index contributed by atoms with van der Waals surface area (Å²) < 4.78 is 4.73. The van der Waals surface area contributed by atoms with E-state index in [4.69, 9.17) is 10.5 Å². The first-order valence-corrected chi connectivity index (χ1v) is 5.24. The number of benzene rings is 1. The molecule has 2 N–H and O–H groups in total. The monoisotopic (exact) mass is 267 g/mol. The van der Waals surface area contributed by atoms with Crippen LogP contribution >= 0.6 is 0 Å². The van der Waals surface area contributed by atoms with Crippen LogP contribution in [0.25, 0.3) is 0 Å². The van der Waals surface area contributed by atoms with Gasteiger partial charge in [-0.15, -0.1) is 0 Å². The van der Waals surface area contributed by atoms with Gasteiger partial charge >= 0.3 is 5.97 Å². The zero-order valence-corrected chi connectivity index (χ0v) is 10.5. The molecular weight excluding hydrogens is 254 g/mol. The Labute approximate surface area is 108 Å². The number of amides is 1. The Morgan fingerprint density at radius 2 is 2.05 bits per heavy atom. The molecule has 0 unspecified atom stereocenters. The van der Waals surface area contributed by atoms with Crippen molar-refractivity contribution in [1.82, 2.24) is 4.90 Å². The van der Waals surface area contributed by atoms with E-state index in [1.165, 1.54) is 31.1 Å². The van der Waals surface area contributed by atoms with Crippen LogP contribution in [-0.2, 0) is 9.53 Å². The van der Waals surface area contributed by atoms with Crippen LogP contribution in [0, 0.1) is 10.1 Å². The van der Waals surface area contributed by atoms with E-state index < -0.39 is 23.4 Å². The number of carbonyl (C=O) groups excluding carboxylic acids is 2. The van der Waals surface area contributed by atoms with Crippen molar-refractivity contribution in [3.63, 3.8) is 0 Å². The van der Waals surface area contributed by atoms with Crippen molar-refractivity contribution in [3.05, 3.63) is 33.9 Å². The molecule has 0 saturated carbocycles. The number of nitrogens with zero attached hydrogens (tertiary/aromatic N) is 2. The van der Waals surface area contributed by atoms with Gasteiger partial charge in [0.05, 0.1) is 10.5 Å². The molecule has 8 heteroatoms. The molecule has 1 aromatic carbocycles. The first-order chi connectivity index (χ1) is 8.82. The molecule has 0 aliphatic carbocycles. The Balaban J connectivity index is 2.81. The topological polar surface area (TPSA) is 116 Å². The molecule has 0 radical (unpaired) electrons. The van der Waals surface area contributed by atoms with Crippen molar-refractivity contribution in [2.45, 2.75) is 0 Å². The van der Waals surface area contributed by atoms with Crippen molar-refractivity contribution in [2.75, 3.05) is 26.4 Å². The third kappa shape index (κ3) is 3.66. The lowest BCUT2D eigenvalue weighted by Gasteiger charge is -2.10. The molecule has 0 bridgehead atoms. The van der Waals surface area contributed by atoms with Crippen molar-refractivity contribution >= 4 is 23.3 Å². The van der Waals surface area contributed by atoms with Gasteiger partial charge in [0.1, 0.15) is 5.69 Å². The molecule has 1 rings (SSSR count). The second-order valence-electron chi connectivity index (χ2n) is 3.90. The third-order valence-electron chi connectivity index (χ3n) is 2.29. The lowest BCUT2D eigenvalue weighted by atomic mass is 10.2. The van der Waals surface area contributed by atoms with Crippen LogP contribution in [0.2, 0.25) is 0 Å². The predicted octanol–water partition coefficient (Wildman–Crippen LogP) is 0.422. The van der Waals surface area contributed by atoms with Gasteiger partial charge in [0.15, 0.2) is 6.61 Å². The number of carbonyl (C=O) groups is 2. The van der Waals surface area contributed by atoms with Gasteiger partial charge in [-0.2, -0.15) is 0 Å². The Morgan fingerprint density at radius 1 is 1.42 bits per heavy atom. The molecule has 1 aromatic rings. The molecule has 1 amide bonds. The van der Waals surface area contributed by atoms with E-state index in [1.807, 2.05) is 0 Å². The molecule has 0 spiro atoms. The van der Waals surface area contributed by atoms with E-state index in [0.717, 1.165) is 6.07 Å². The molecule has 19 heavy (non-hydrogen) atoms. The molecule has 102 valence electrons. The van der Waals surface area contributed by atoms with Crippen molar-refractivity contribution in [1.29, 1.82) is 0 Å². The second-order valence-corrected chi connectivity index (χ2v) is 3.90. The van der Waals surface area contributed by atoms with Crippen LogP contribution in [0.1, 0.15) is 10.4 Å². The molecule has 0 aliphatic heterocycles. The fraction of sp³-hybridized carbons (Fsp3) is 0.273. The van der Waals surface area contributed by atoms with Gasteiger partial charge < -0.3 is 15.4 Å². The van der Waals surface area contributed by atoms with E-state index in [1.54, 1.807) is 0 Å². The number of anilines is 1. The van der Waals surface area contributed by atoms with Gasteiger partial charge in [-0.25, -0.2) is 4.79 Å². The highest BCUT2D eigenvalue weighted by Gasteiger charge is 2.17. The SMILES string of the molecule is CN(C)C(=O)COC(=O)c1ccc(N)c([N+](=O)[O-])c1. The maximum absolute atomic E-state index is 11.6. The Bertz CT molecular complexity index is 527. The zero-order valence-electron chi connectivity index (χ0n) is 10.5. The van der Waals surface area contributed by atoms with Crippen molar-refractivity contribution in [3.8, 4) is 0 Å². The van der Waals surface area contributed by atoms with Crippen LogP contribution in [-0.4, -0.2) is 42.4 Å². The Hall–Kier alpha value is -2.64. The van der Waals surface area contributed by atoms with E-state index in [-0.39, 0.29) is 16.9 Å². The number of likely N-dealkylation sites (N-methyl/N-ethyl adjacent to an activating group) is 1.